The van der Waals surface area contributed by atoms with Crippen LogP contribution in [0.4, 0.5) is 11.4 Å². The van der Waals surface area contributed by atoms with Crippen molar-refractivity contribution in [3.63, 3.8) is 0 Å². The number of hydrogen-bond donors (Lipinski definition) is 1. The molecule has 1 aliphatic carbocycles. The lowest BCUT2D eigenvalue weighted by molar-refractivity contribution is -0.130. The lowest BCUT2D eigenvalue weighted by atomic mass is 9.69. The molecule has 21 heavy (non-hydrogen) atoms. The first kappa shape index (κ1) is 16.0. The molecular formula is C17H24N2OS. The fourth-order valence-corrected chi connectivity index (χ4v) is 3.07. The molecule has 3 nitrogen and oxygen atoms in total. The minimum atomic E-state index is -0.247. The van der Waals surface area contributed by atoms with Gasteiger partial charge in [-0.2, -0.15) is 0 Å². The highest BCUT2D eigenvalue weighted by molar-refractivity contribution is 7.80. The number of carbonyl (C=O) groups is 1. The van der Waals surface area contributed by atoms with E-state index in [1.54, 1.807) is 4.90 Å². The minimum absolute atomic E-state index is 0.132. The molecule has 1 aromatic carbocycles. The van der Waals surface area contributed by atoms with E-state index < -0.39 is 0 Å². The van der Waals surface area contributed by atoms with Gasteiger partial charge in [-0.25, -0.2) is 0 Å². The topological polar surface area (TPSA) is 32.3 Å². The van der Waals surface area contributed by atoms with E-state index in [1.165, 1.54) is 5.56 Å². The second-order valence-corrected chi connectivity index (χ2v) is 6.61. The summed E-state index contributed by atoms with van der Waals surface area (Å²) in [5.41, 5.74) is 2.92. The third kappa shape index (κ3) is 2.95. The number of nitrogens with one attached hydrogen (secondary N) is 1. The monoisotopic (exact) mass is 304 g/mol. The van der Waals surface area contributed by atoms with Gasteiger partial charge in [-0.1, -0.05) is 38.6 Å². The van der Waals surface area contributed by atoms with Gasteiger partial charge in [0.1, 0.15) is 0 Å². The zero-order chi connectivity index (χ0) is 15.6. The predicted octanol–water partition coefficient (Wildman–Crippen LogP) is 4.16. The first-order chi connectivity index (χ1) is 9.92. The summed E-state index contributed by atoms with van der Waals surface area (Å²) in [6.07, 6.45) is 4.00. The Bertz CT molecular complexity index is 564. The maximum atomic E-state index is 12.9. The smallest absolute Gasteiger partial charge is 0.237 e. The van der Waals surface area contributed by atoms with Crippen molar-refractivity contribution in [2.24, 2.45) is 5.41 Å². The number of thiocarbonyl (C=S) groups is 1. The Labute approximate surface area is 132 Å². The van der Waals surface area contributed by atoms with Crippen LogP contribution < -0.4 is 10.2 Å². The SMILES string of the molecule is CCc1ccc(N(C(=O)C2(C)CCC2)C(C)=S)cc1NC. The highest BCUT2D eigenvalue weighted by Gasteiger charge is 2.42. The third-order valence-corrected chi connectivity index (χ3v) is 4.68. The number of hydrogen-bond acceptors (Lipinski definition) is 3. The van der Waals surface area contributed by atoms with Crippen molar-refractivity contribution in [3.8, 4) is 0 Å². The van der Waals surface area contributed by atoms with Gasteiger partial charge in [-0.3, -0.25) is 9.69 Å². The highest BCUT2D eigenvalue weighted by Crippen LogP contribution is 2.43. The fourth-order valence-electron chi connectivity index (χ4n) is 2.88. The van der Waals surface area contributed by atoms with E-state index in [9.17, 15) is 4.79 Å². The molecular weight excluding hydrogens is 280 g/mol. The summed E-state index contributed by atoms with van der Waals surface area (Å²) >= 11 is 5.34. The van der Waals surface area contributed by atoms with Crippen molar-refractivity contribution in [2.75, 3.05) is 17.3 Å². The van der Waals surface area contributed by atoms with E-state index in [-0.39, 0.29) is 11.3 Å². The quantitative estimate of drug-likeness (QED) is 0.848. The van der Waals surface area contributed by atoms with Crippen LogP contribution in [-0.4, -0.2) is 17.9 Å². The second-order valence-electron chi connectivity index (χ2n) is 6.02. The third-order valence-electron chi connectivity index (χ3n) is 4.49. The maximum Gasteiger partial charge on any atom is 0.237 e. The Morgan fingerprint density at radius 3 is 2.52 bits per heavy atom. The molecule has 0 unspecified atom stereocenters. The van der Waals surface area contributed by atoms with Gasteiger partial charge in [0, 0.05) is 18.2 Å². The second kappa shape index (κ2) is 6.14. The average molecular weight is 304 g/mol. The van der Waals surface area contributed by atoms with Gasteiger partial charge in [0.05, 0.1) is 10.7 Å². The van der Waals surface area contributed by atoms with Gasteiger partial charge in [0.15, 0.2) is 0 Å². The van der Waals surface area contributed by atoms with Crippen molar-refractivity contribution in [1.29, 1.82) is 0 Å². The van der Waals surface area contributed by atoms with Gasteiger partial charge in [-0.15, -0.1) is 0 Å². The van der Waals surface area contributed by atoms with Gasteiger partial charge in [0.25, 0.3) is 0 Å². The molecule has 0 radical (unpaired) electrons. The summed E-state index contributed by atoms with van der Waals surface area (Å²) in [5, 5.41) is 3.21. The molecule has 0 saturated heterocycles. The number of carbonyl (C=O) groups excluding carboxylic acids is 1. The van der Waals surface area contributed by atoms with E-state index in [0.717, 1.165) is 37.1 Å². The van der Waals surface area contributed by atoms with Gasteiger partial charge < -0.3 is 5.32 Å². The number of nitrogens with zero attached hydrogens (tertiary/aromatic N) is 1. The Kier molecular flexibility index (Phi) is 4.67. The lowest BCUT2D eigenvalue weighted by Gasteiger charge is -2.40. The van der Waals surface area contributed by atoms with Crippen LogP contribution in [0.2, 0.25) is 0 Å². The Morgan fingerprint density at radius 2 is 2.10 bits per heavy atom. The molecule has 1 saturated carbocycles. The molecule has 0 aromatic heterocycles. The summed E-state index contributed by atoms with van der Waals surface area (Å²) in [4.78, 5) is 15.2. The van der Waals surface area contributed by atoms with E-state index in [1.807, 2.05) is 33.0 Å². The standard InChI is InChI=1S/C17H24N2OS/c1-5-13-7-8-14(11-15(13)18-4)19(12(2)21)16(20)17(3)9-6-10-17/h7-8,11,18H,5-6,9-10H2,1-4H3. The van der Waals surface area contributed by atoms with Crippen molar-refractivity contribution < 1.29 is 4.79 Å². The highest BCUT2D eigenvalue weighted by atomic mass is 32.1. The minimum Gasteiger partial charge on any atom is -0.388 e. The molecule has 4 heteroatoms. The first-order valence-electron chi connectivity index (χ1n) is 7.58. The number of benzene rings is 1. The number of rotatable bonds is 4. The number of amides is 1. The molecule has 0 bridgehead atoms. The van der Waals surface area contributed by atoms with Crippen molar-refractivity contribution >= 4 is 34.5 Å². The van der Waals surface area contributed by atoms with E-state index >= 15 is 0 Å². The maximum absolute atomic E-state index is 12.9. The number of aryl methyl sites for hydroxylation is 1. The molecule has 1 aliphatic rings. The van der Waals surface area contributed by atoms with Gasteiger partial charge in [0.2, 0.25) is 5.91 Å². The Morgan fingerprint density at radius 1 is 1.43 bits per heavy atom. The van der Waals surface area contributed by atoms with Crippen molar-refractivity contribution in [3.05, 3.63) is 23.8 Å². The van der Waals surface area contributed by atoms with E-state index in [4.69, 9.17) is 12.2 Å². The van der Waals surface area contributed by atoms with Crippen molar-refractivity contribution in [1.82, 2.24) is 0 Å². The molecule has 1 N–H and O–H groups in total. The van der Waals surface area contributed by atoms with Crippen LogP contribution in [0.3, 0.4) is 0 Å². The summed E-state index contributed by atoms with van der Waals surface area (Å²) in [6.45, 7) is 5.99. The molecule has 0 aliphatic heterocycles. The molecule has 0 heterocycles. The van der Waals surface area contributed by atoms with Crippen LogP contribution in [0.5, 0.6) is 0 Å². The molecule has 114 valence electrons. The zero-order valence-corrected chi connectivity index (χ0v) is 14.1. The lowest BCUT2D eigenvalue weighted by Crippen LogP contribution is -2.47. The predicted molar refractivity (Wildman–Crippen MR) is 93.1 cm³/mol. The molecule has 0 atom stereocenters. The zero-order valence-electron chi connectivity index (χ0n) is 13.3. The fraction of sp³-hybridized carbons (Fsp3) is 0.529. The average Bonchev–Trinajstić information content (AvgIpc) is 2.44. The van der Waals surface area contributed by atoms with E-state index in [0.29, 0.717) is 4.99 Å². The first-order valence-corrected chi connectivity index (χ1v) is 7.99. The van der Waals surface area contributed by atoms with Gasteiger partial charge >= 0.3 is 0 Å². The Hall–Kier alpha value is -1.42. The summed E-state index contributed by atoms with van der Waals surface area (Å²) in [7, 11) is 1.90. The van der Waals surface area contributed by atoms with Crippen LogP contribution in [0.1, 0.15) is 45.6 Å². The largest absolute Gasteiger partial charge is 0.388 e. The Balaban J connectivity index is 2.39. The van der Waals surface area contributed by atoms with Crippen LogP contribution in [0, 0.1) is 5.41 Å². The molecule has 2 rings (SSSR count). The summed E-state index contributed by atoms with van der Waals surface area (Å²) in [6, 6.07) is 6.09. The molecule has 0 spiro atoms. The molecule has 1 fully saturated rings. The summed E-state index contributed by atoms with van der Waals surface area (Å²) < 4.78 is 0. The normalized spacial score (nSPS) is 16.0. The van der Waals surface area contributed by atoms with E-state index in [2.05, 4.69) is 18.3 Å². The summed E-state index contributed by atoms with van der Waals surface area (Å²) in [5.74, 6) is 0.132. The van der Waals surface area contributed by atoms with Crippen molar-refractivity contribution in [2.45, 2.75) is 46.5 Å². The van der Waals surface area contributed by atoms with Crippen LogP contribution in [0.25, 0.3) is 0 Å². The van der Waals surface area contributed by atoms with Crippen LogP contribution in [0.15, 0.2) is 18.2 Å². The molecule has 1 aromatic rings. The van der Waals surface area contributed by atoms with Gasteiger partial charge in [-0.05, 0) is 43.9 Å². The number of anilines is 2. The van der Waals surface area contributed by atoms with Crippen LogP contribution in [-0.2, 0) is 11.2 Å². The molecule has 1 amide bonds. The van der Waals surface area contributed by atoms with Crippen LogP contribution >= 0.6 is 12.2 Å².